The van der Waals surface area contributed by atoms with Crippen LogP contribution in [0.15, 0.2) is 58.9 Å². The van der Waals surface area contributed by atoms with Crippen LogP contribution in [-0.2, 0) is 4.79 Å². The van der Waals surface area contributed by atoms with Gasteiger partial charge in [0.15, 0.2) is 0 Å². The van der Waals surface area contributed by atoms with Gasteiger partial charge in [0.05, 0.1) is 18.6 Å². The van der Waals surface area contributed by atoms with Crippen LogP contribution < -0.4 is 5.32 Å². The number of carbonyl (C=O) groups excluding carboxylic acids is 1. The van der Waals surface area contributed by atoms with E-state index < -0.39 is 6.10 Å². The Labute approximate surface area is 143 Å². The van der Waals surface area contributed by atoms with Crippen LogP contribution in [0.2, 0.25) is 0 Å². The Morgan fingerprint density at radius 3 is 2.70 bits per heavy atom. The molecule has 3 aromatic heterocycles. The fourth-order valence-electron chi connectivity index (χ4n) is 2.43. The number of aliphatic hydroxyl groups is 1. The first-order chi connectivity index (χ1) is 11.2. The number of nitrogens with zero attached hydrogens (tertiary/aromatic N) is 1. The van der Waals surface area contributed by atoms with E-state index in [1.807, 2.05) is 63.4 Å². The van der Waals surface area contributed by atoms with E-state index in [4.69, 9.17) is 0 Å². The molecular formula is C17H18N2O2S2. The molecule has 4 nitrogen and oxygen atoms in total. The van der Waals surface area contributed by atoms with E-state index in [2.05, 4.69) is 5.32 Å². The molecule has 0 bridgehead atoms. The van der Waals surface area contributed by atoms with Crippen molar-refractivity contribution in [2.24, 2.45) is 0 Å². The summed E-state index contributed by atoms with van der Waals surface area (Å²) in [5.41, 5.74) is 0.843. The lowest BCUT2D eigenvalue weighted by Crippen LogP contribution is -2.30. The zero-order chi connectivity index (χ0) is 16.1. The number of thiophene rings is 2. The maximum Gasteiger partial charge on any atom is 0.222 e. The SMILES string of the molecule is O=C(CC(c1cccs1)n1cccc1)NCC(O)c1ccsc1. The van der Waals surface area contributed by atoms with Crippen LogP contribution in [0.25, 0.3) is 0 Å². The maximum absolute atomic E-state index is 12.3. The number of carbonyl (C=O) groups is 1. The molecule has 120 valence electrons. The van der Waals surface area contributed by atoms with Gasteiger partial charge in [0, 0.05) is 23.8 Å². The lowest BCUT2D eigenvalue weighted by atomic mass is 10.1. The van der Waals surface area contributed by atoms with Crippen molar-refractivity contribution >= 4 is 28.6 Å². The Hall–Kier alpha value is -1.89. The van der Waals surface area contributed by atoms with Crippen molar-refractivity contribution in [2.45, 2.75) is 18.6 Å². The molecule has 3 heterocycles. The minimum absolute atomic E-state index is 0.0108. The van der Waals surface area contributed by atoms with Crippen LogP contribution in [0, 0.1) is 0 Å². The Kier molecular flexibility index (Phi) is 5.27. The standard InChI is InChI=1S/C17H18N2O2S2/c20-15(13-5-9-22-12-13)11-18-17(21)10-14(16-4-3-8-23-16)19-6-1-2-7-19/h1-9,12,14-15,20H,10-11H2,(H,18,21). The summed E-state index contributed by atoms with van der Waals surface area (Å²) < 4.78 is 2.04. The van der Waals surface area contributed by atoms with E-state index >= 15 is 0 Å². The van der Waals surface area contributed by atoms with Gasteiger partial charge in [-0.2, -0.15) is 11.3 Å². The predicted molar refractivity (Wildman–Crippen MR) is 93.8 cm³/mol. The zero-order valence-electron chi connectivity index (χ0n) is 12.5. The third-order valence-corrected chi connectivity index (χ3v) is 5.33. The Balaban J connectivity index is 1.60. The van der Waals surface area contributed by atoms with E-state index in [-0.39, 0.29) is 18.5 Å². The van der Waals surface area contributed by atoms with E-state index in [0.29, 0.717) is 6.42 Å². The van der Waals surface area contributed by atoms with Crippen molar-refractivity contribution in [1.82, 2.24) is 9.88 Å². The van der Waals surface area contributed by atoms with Crippen LogP contribution in [-0.4, -0.2) is 22.1 Å². The molecule has 0 radical (unpaired) electrons. The molecule has 6 heteroatoms. The molecule has 0 aliphatic heterocycles. The van der Waals surface area contributed by atoms with Crippen LogP contribution in [0.1, 0.15) is 29.0 Å². The molecule has 2 unspecified atom stereocenters. The quantitative estimate of drug-likeness (QED) is 0.688. The summed E-state index contributed by atoms with van der Waals surface area (Å²) in [5, 5.41) is 18.7. The van der Waals surface area contributed by atoms with Gasteiger partial charge in [-0.15, -0.1) is 11.3 Å². The van der Waals surface area contributed by atoms with Crippen molar-refractivity contribution in [3.05, 3.63) is 69.3 Å². The molecule has 0 fully saturated rings. The van der Waals surface area contributed by atoms with Crippen LogP contribution in [0.4, 0.5) is 0 Å². The van der Waals surface area contributed by atoms with Crippen LogP contribution in [0.3, 0.4) is 0 Å². The first-order valence-corrected chi connectivity index (χ1v) is 9.19. The third-order valence-electron chi connectivity index (χ3n) is 3.66. The third kappa shape index (κ3) is 4.10. The molecule has 2 atom stereocenters. The van der Waals surface area contributed by atoms with Gasteiger partial charge in [-0.25, -0.2) is 0 Å². The molecule has 1 amide bonds. The summed E-state index contributed by atoms with van der Waals surface area (Å²) >= 11 is 3.18. The van der Waals surface area contributed by atoms with Gasteiger partial charge in [0.25, 0.3) is 0 Å². The number of hydrogen-bond acceptors (Lipinski definition) is 4. The van der Waals surface area contributed by atoms with Crippen molar-refractivity contribution < 1.29 is 9.90 Å². The summed E-state index contributed by atoms with van der Waals surface area (Å²) in [4.78, 5) is 13.4. The summed E-state index contributed by atoms with van der Waals surface area (Å²) in [7, 11) is 0. The van der Waals surface area contributed by atoms with Crippen molar-refractivity contribution in [1.29, 1.82) is 0 Å². The number of rotatable bonds is 7. The normalized spacial score (nSPS) is 13.6. The number of aliphatic hydroxyl groups excluding tert-OH is 1. The van der Waals surface area contributed by atoms with E-state index in [9.17, 15) is 9.90 Å². The molecule has 23 heavy (non-hydrogen) atoms. The van der Waals surface area contributed by atoms with Gasteiger partial charge in [0.2, 0.25) is 5.91 Å². The topological polar surface area (TPSA) is 54.3 Å². The smallest absolute Gasteiger partial charge is 0.222 e. The number of nitrogens with one attached hydrogen (secondary N) is 1. The molecule has 0 spiro atoms. The van der Waals surface area contributed by atoms with E-state index in [0.717, 1.165) is 10.4 Å². The minimum atomic E-state index is -0.656. The lowest BCUT2D eigenvalue weighted by molar-refractivity contribution is -0.122. The highest BCUT2D eigenvalue weighted by Crippen LogP contribution is 2.26. The molecule has 0 aromatic carbocycles. The minimum Gasteiger partial charge on any atom is -0.387 e. The fraction of sp³-hybridized carbons (Fsp3) is 0.235. The highest BCUT2D eigenvalue weighted by atomic mass is 32.1. The van der Waals surface area contributed by atoms with Gasteiger partial charge in [-0.05, 0) is 46.0 Å². The Bertz CT molecular complexity index is 672. The van der Waals surface area contributed by atoms with Crippen LogP contribution in [0.5, 0.6) is 0 Å². The van der Waals surface area contributed by atoms with Gasteiger partial charge >= 0.3 is 0 Å². The second-order valence-corrected chi connectivity index (χ2v) is 7.00. The van der Waals surface area contributed by atoms with E-state index in [1.54, 1.807) is 11.3 Å². The summed E-state index contributed by atoms with van der Waals surface area (Å²) in [5.74, 6) is -0.0635. The highest BCUT2D eigenvalue weighted by Gasteiger charge is 2.19. The Morgan fingerprint density at radius 2 is 2.04 bits per heavy atom. The van der Waals surface area contributed by atoms with Gasteiger partial charge in [-0.1, -0.05) is 6.07 Å². The molecular weight excluding hydrogens is 328 g/mol. The zero-order valence-corrected chi connectivity index (χ0v) is 14.1. The lowest BCUT2D eigenvalue weighted by Gasteiger charge is -2.18. The summed E-state index contributed by atoms with van der Waals surface area (Å²) in [6, 6.07) is 9.81. The second kappa shape index (κ2) is 7.59. The molecule has 3 aromatic rings. The summed E-state index contributed by atoms with van der Waals surface area (Å²) in [6.45, 7) is 0.235. The van der Waals surface area contributed by atoms with Crippen molar-refractivity contribution in [3.8, 4) is 0 Å². The van der Waals surface area contributed by atoms with Gasteiger partial charge in [-0.3, -0.25) is 4.79 Å². The first kappa shape index (κ1) is 16.0. The number of hydrogen-bond donors (Lipinski definition) is 2. The summed E-state index contributed by atoms with van der Waals surface area (Å²) in [6.07, 6.45) is 3.64. The Morgan fingerprint density at radius 1 is 1.22 bits per heavy atom. The average molecular weight is 346 g/mol. The van der Waals surface area contributed by atoms with Crippen molar-refractivity contribution in [2.75, 3.05) is 6.54 Å². The largest absolute Gasteiger partial charge is 0.387 e. The molecule has 0 aliphatic carbocycles. The average Bonchev–Trinajstić information content (AvgIpc) is 3.33. The molecule has 0 saturated heterocycles. The molecule has 3 rings (SSSR count). The van der Waals surface area contributed by atoms with Crippen LogP contribution >= 0.6 is 22.7 Å². The molecule has 2 N–H and O–H groups in total. The van der Waals surface area contributed by atoms with E-state index in [1.165, 1.54) is 11.3 Å². The number of amides is 1. The fourth-order valence-corrected chi connectivity index (χ4v) is 3.97. The molecule has 0 aliphatic rings. The predicted octanol–water partition coefficient (Wildman–Crippen LogP) is 3.44. The first-order valence-electron chi connectivity index (χ1n) is 7.37. The number of aromatic nitrogens is 1. The highest BCUT2D eigenvalue weighted by molar-refractivity contribution is 7.10. The monoisotopic (exact) mass is 346 g/mol. The van der Waals surface area contributed by atoms with Crippen molar-refractivity contribution in [3.63, 3.8) is 0 Å². The second-order valence-electron chi connectivity index (χ2n) is 5.24. The maximum atomic E-state index is 12.3. The molecule has 0 saturated carbocycles. The van der Waals surface area contributed by atoms with Gasteiger partial charge < -0.3 is 15.0 Å². The van der Waals surface area contributed by atoms with Gasteiger partial charge in [0.1, 0.15) is 0 Å².